The summed E-state index contributed by atoms with van der Waals surface area (Å²) in [4.78, 5) is 19.1. The first kappa shape index (κ1) is 15.3. The number of hydrogen-bond donors (Lipinski definition) is 2. The maximum Gasteiger partial charge on any atom is 0.272 e. The number of nitrogens with zero attached hydrogens (tertiary/aromatic N) is 1. The molecule has 2 heterocycles. The van der Waals surface area contributed by atoms with E-state index in [9.17, 15) is 4.79 Å². The zero-order valence-electron chi connectivity index (χ0n) is 13.1. The fourth-order valence-corrected chi connectivity index (χ4v) is 3.50. The molecule has 23 heavy (non-hydrogen) atoms. The third-order valence-electron chi connectivity index (χ3n) is 3.64. The molecule has 0 bridgehead atoms. The van der Waals surface area contributed by atoms with Crippen molar-refractivity contribution in [2.75, 3.05) is 24.7 Å². The molecule has 4 N–H and O–H groups in total. The summed E-state index contributed by atoms with van der Waals surface area (Å²) in [5.41, 5.74) is 8.83. The topological polar surface area (TPSA) is 72.5 Å². The van der Waals surface area contributed by atoms with Crippen molar-refractivity contribution in [3.63, 3.8) is 0 Å². The van der Waals surface area contributed by atoms with Crippen LogP contribution in [0.15, 0.2) is 42.6 Å². The molecule has 0 fully saturated rings. The number of aromatic amines is 1. The van der Waals surface area contributed by atoms with Gasteiger partial charge in [0.05, 0.1) is 11.4 Å². The zero-order valence-corrected chi connectivity index (χ0v) is 13.9. The predicted molar refractivity (Wildman–Crippen MR) is 94.7 cm³/mol. The van der Waals surface area contributed by atoms with Crippen molar-refractivity contribution >= 4 is 38.8 Å². The van der Waals surface area contributed by atoms with Crippen LogP contribution in [0.2, 0.25) is 0 Å². The van der Waals surface area contributed by atoms with Crippen LogP contribution in [0, 0.1) is 0 Å². The molecule has 118 valence electrons. The van der Waals surface area contributed by atoms with Gasteiger partial charge in [-0.05, 0) is 5.56 Å². The average Bonchev–Trinajstić information content (AvgIpc) is 2.90. The van der Waals surface area contributed by atoms with Gasteiger partial charge in [0.25, 0.3) is 10.7 Å². The molecule has 0 radical (unpaired) electrons. The number of nitrogens with two attached hydrogens (primary N) is 1. The summed E-state index contributed by atoms with van der Waals surface area (Å²) in [6.07, 6.45) is 1.86. The van der Waals surface area contributed by atoms with E-state index < -0.39 is 0 Å². The van der Waals surface area contributed by atoms with Gasteiger partial charge in [0.15, 0.2) is 6.20 Å². The van der Waals surface area contributed by atoms with Gasteiger partial charge in [0.2, 0.25) is 0 Å². The molecule has 0 aliphatic heterocycles. The van der Waals surface area contributed by atoms with Crippen LogP contribution >= 0.6 is 11.3 Å². The van der Waals surface area contributed by atoms with Crippen molar-refractivity contribution < 1.29 is 9.78 Å². The molecule has 0 saturated carbocycles. The van der Waals surface area contributed by atoms with Gasteiger partial charge in [-0.1, -0.05) is 41.7 Å². The van der Waals surface area contributed by atoms with Gasteiger partial charge in [0.1, 0.15) is 10.3 Å². The molecule has 0 aliphatic rings. The highest BCUT2D eigenvalue weighted by molar-refractivity contribution is 7.20. The number of benzene rings is 1. The van der Waals surface area contributed by atoms with E-state index in [1.807, 2.05) is 61.6 Å². The number of carbonyl (C=O) groups is 1. The molecule has 5 nitrogen and oxygen atoms in total. The van der Waals surface area contributed by atoms with Crippen LogP contribution in [-0.2, 0) is 6.54 Å². The Morgan fingerprint density at radius 3 is 2.70 bits per heavy atom. The summed E-state index contributed by atoms with van der Waals surface area (Å²) in [7, 11) is 3.92. The highest BCUT2D eigenvalue weighted by Crippen LogP contribution is 2.36. The third-order valence-corrected chi connectivity index (χ3v) is 4.78. The Labute approximate surface area is 138 Å². The summed E-state index contributed by atoms with van der Waals surface area (Å²) in [5, 5.41) is 3.83. The lowest BCUT2D eigenvalue weighted by Gasteiger charge is -2.12. The van der Waals surface area contributed by atoms with Crippen LogP contribution < -0.4 is 20.9 Å². The Bertz CT molecular complexity index is 842. The van der Waals surface area contributed by atoms with E-state index in [0.29, 0.717) is 17.1 Å². The number of H-pyrrole nitrogens is 1. The number of carbonyl (C=O) groups excluding carboxylic acids is 1. The number of thiophene rings is 1. The van der Waals surface area contributed by atoms with E-state index in [4.69, 9.17) is 5.73 Å². The number of pyridine rings is 1. The van der Waals surface area contributed by atoms with Crippen molar-refractivity contribution in [1.29, 1.82) is 0 Å². The van der Waals surface area contributed by atoms with E-state index in [1.165, 1.54) is 11.3 Å². The Hall–Kier alpha value is -2.60. The van der Waals surface area contributed by atoms with Crippen LogP contribution in [0.25, 0.3) is 10.2 Å². The number of hydrogen-bond acceptors (Lipinski definition) is 4. The van der Waals surface area contributed by atoms with Gasteiger partial charge in [0, 0.05) is 26.7 Å². The van der Waals surface area contributed by atoms with Gasteiger partial charge < -0.3 is 16.0 Å². The van der Waals surface area contributed by atoms with Gasteiger partial charge >= 0.3 is 0 Å². The van der Waals surface area contributed by atoms with Gasteiger partial charge in [-0.2, -0.15) is 0 Å². The SMILES string of the molecule is CN(C)c1cc[nH+]c2sc(C(=O)NCc3ccccc3)c(N)c12. The first-order valence-electron chi connectivity index (χ1n) is 7.30. The first-order valence-corrected chi connectivity index (χ1v) is 8.11. The Kier molecular flexibility index (Phi) is 4.16. The lowest BCUT2D eigenvalue weighted by atomic mass is 10.2. The second-order valence-corrected chi connectivity index (χ2v) is 6.50. The van der Waals surface area contributed by atoms with Crippen LogP contribution in [0.3, 0.4) is 0 Å². The molecule has 3 aromatic rings. The zero-order chi connectivity index (χ0) is 16.4. The van der Waals surface area contributed by atoms with Crippen molar-refractivity contribution in [2.45, 2.75) is 6.54 Å². The van der Waals surface area contributed by atoms with E-state index in [-0.39, 0.29) is 5.91 Å². The summed E-state index contributed by atoms with van der Waals surface area (Å²) >= 11 is 1.38. The molecule has 0 spiro atoms. The summed E-state index contributed by atoms with van der Waals surface area (Å²) in [6, 6.07) is 11.8. The molecule has 1 amide bonds. The van der Waals surface area contributed by atoms with Crippen LogP contribution in [-0.4, -0.2) is 20.0 Å². The largest absolute Gasteiger partial charge is 0.397 e. The lowest BCUT2D eigenvalue weighted by molar-refractivity contribution is -0.341. The minimum atomic E-state index is -0.148. The van der Waals surface area contributed by atoms with E-state index in [0.717, 1.165) is 21.5 Å². The first-order chi connectivity index (χ1) is 11.1. The normalized spacial score (nSPS) is 10.7. The number of rotatable bonds is 4. The fraction of sp³-hybridized carbons (Fsp3) is 0.176. The number of nitrogens with one attached hydrogen (secondary N) is 2. The molecule has 0 atom stereocenters. The van der Waals surface area contributed by atoms with Crippen molar-refractivity contribution in [3.05, 3.63) is 53.0 Å². The molecule has 0 saturated heterocycles. The molecular formula is C17H19N4OS+. The highest BCUT2D eigenvalue weighted by Gasteiger charge is 2.22. The number of anilines is 2. The standard InChI is InChI=1S/C17H18N4OS/c1-21(2)12-8-9-19-17-13(12)14(18)15(23-17)16(22)20-10-11-6-4-3-5-7-11/h3-9H,10,18H2,1-2H3,(H,20,22)/p+1. The summed E-state index contributed by atoms with van der Waals surface area (Å²) < 4.78 is 0. The molecule has 0 unspecified atom stereocenters. The van der Waals surface area contributed by atoms with Crippen LogP contribution in [0.5, 0.6) is 0 Å². The maximum atomic E-state index is 12.5. The summed E-state index contributed by atoms with van der Waals surface area (Å²) in [6.45, 7) is 0.484. The quantitative estimate of drug-likeness (QED) is 0.772. The molecule has 2 aromatic heterocycles. The molecular weight excluding hydrogens is 308 g/mol. The third kappa shape index (κ3) is 2.98. The van der Waals surface area contributed by atoms with Crippen molar-refractivity contribution in [1.82, 2.24) is 5.32 Å². The minimum Gasteiger partial charge on any atom is -0.397 e. The maximum absolute atomic E-state index is 12.5. The predicted octanol–water partition coefficient (Wildman–Crippen LogP) is 2.29. The monoisotopic (exact) mass is 327 g/mol. The van der Waals surface area contributed by atoms with Crippen molar-refractivity contribution in [2.24, 2.45) is 0 Å². The van der Waals surface area contributed by atoms with E-state index in [1.54, 1.807) is 0 Å². The van der Waals surface area contributed by atoms with Gasteiger partial charge in [-0.15, -0.1) is 0 Å². The number of amides is 1. The van der Waals surface area contributed by atoms with Crippen molar-refractivity contribution in [3.8, 4) is 0 Å². The smallest absolute Gasteiger partial charge is 0.272 e. The Morgan fingerprint density at radius 2 is 2.00 bits per heavy atom. The Morgan fingerprint density at radius 1 is 1.26 bits per heavy atom. The second-order valence-electron chi connectivity index (χ2n) is 5.47. The fourth-order valence-electron chi connectivity index (χ4n) is 2.48. The molecule has 0 aliphatic carbocycles. The van der Waals surface area contributed by atoms with E-state index >= 15 is 0 Å². The number of aromatic nitrogens is 1. The number of fused-ring (bicyclic) bond motifs is 1. The minimum absolute atomic E-state index is 0.148. The van der Waals surface area contributed by atoms with Crippen LogP contribution in [0.4, 0.5) is 11.4 Å². The highest BCUT2D eigenvalue weighted by atomic mass is 32.1. The molecule has 3 rings (SSSR count). The van der Waals surface area contributed by atoms with Crippen LogP contribution in [0.1, 0.15) is 15.2 Å². The summed E-state index contributed by atoms with van der Waals surface area (Å²) in [5.74, 6) is -0.148. The van der Waals surface area contributed by atoms with Gasteiger partial charge in [-0.25, -0.2) is 4.98 Å². The average molecular weight is 327 g/mol. The Balaban J connectivity index is 1.89. The van der Waals surface area contributed by atoms with E-state index in [2.05, 4.69) is 10.3 Å². The van der Waals surface area contributed by atoms with Gasteiger partial charge in [-0.3, -0.25) is 4.79 Å². The lowest BCUT2D eigenvalue weighted by Crippen LogP contribution is -2.22. The number of nitrogen functional groups attached to an aromatic ring is 1. The second kappa shape index (κ2) is 6.26. The molecule has 6 heteroatoms. The molecule has 1 aromatic carbocycles.